The van der Waals surface area contributed by atoms with Crippen molar-refractivity contribution in [3.05, 3.63) is 59.9 Å². The normalized spacial score (nSPS) is 12.0. The van der Waals surface area contributed by atoms with Gasteiger partial charge in [0.05, 0.1) is 19.1 Å². The average molecular weight is 536 g/mol. The smallest absolute Gasteiger partial charge is 0.242 e. The van der Waals surface area contributed by atoms with E-state index in [-0.39, 0.29) is 37.7 Å². The highest BCUT2D eigenvalue weighted by Crippen LogP contribution is 2.21. The van der Waals surface area contributed by atoms with Crippen molar-refractivity contribution in [2.24, 2.45) is 0 Å². The van der Waals surface area contributed by atoms with Crippen LogP contribution < -0.4 is 14.4 Å². The van der Waals surface area contributed by atoms with Crippen molar-refractivity contribution in [1.82, 2.24) is 10.2 Å². The molecule has 2 aromatic rings. The quantitative estimate of drug-likeness (QED) is 0.347. The summed E-state index contributed by atoms with van der Waals surface area (Å²) in [6, 6.07) is 11.8. The standard InChI is InChI=1S/C27H38FN3O5S/c1-5-7-17-29-27(33)25(6-2)30(20-21-10-8-11-24(19-21)36-3)26(32)12-9-18-31(37(4,34)35)23-15-13-22(28)14-16-23/h8,10-11,13-16,19,25H,5-7,9,12,17-18,20H2,1-4H3,(H,29,33)/t25-/m0/s1. The van der Waals surface area contributed by atoms with Crippen molar-refractivity contribution >= 4 is 27.5 Å². The molecule has 0 unspecified atom stereocenters. The minimum atomic E-state index is -3.64. The molecule has 0 aliphatic rings. The summed E-state index contributed by atoms with van der Waals surface area (Å²) in [6.07, 6.45) is 3.55. The average Bonchev–Trinajstić information content (AvgIpc) is 2.86. The molecule has 1 atom stereocenters. The van der Waals surface area contributed by atoms with Crippen molar-refractivity contribution in [2.45, 2.75) is 58.5 Å². The van der Waals surface area contributed by atoms with Gasteiger partial charge in [-0.2, -0.15) is 0 Å². The highest BCUT2D eigenvalue weighted by molar-refractivity contribution is 7.92. The van der Waals surface area contributed by atoms with Crippen molar-refractivity contribution in [2.75, 3.05) is 30.8 Å². The molecule has 0 fully saturated rings. The Bertz CT molecular complexity index is 1130. The minimum Gasteiger partial charge on any atom is -0.497 e. The molecule has 0 aromatic heterocycles. The number of nitrogens with one attached hydrogen (secondary N) is 1. The molecule has 37 heavy (non-hydrogen) atoms. The number of amides is 2. The van der Waals surface area contributed by atoms with Gasteiger partial charge in [0.1, 0.15) is 17.6 Å². The van der Waals surface area contributed by atoms with Gasteiger partial charge >= 0.3 is 0 Å². The summed E-state index contributed by atoms with van der Waals surface area (Å²) in [6.45, 7) is 4.68. The van der Waals surface area contributed by atoms with Crippen LogP contribution in [0.2, 0.25) is 0 Å². The highest BCUT2D eigenvalue weighted by Gasteiger charge is 2.28. The third-order valence-electron chi connectivity index (χ3n) is 5.97. The monoisotopic (exact) mass is 535 g/mol. The van der Waals surface area contributed by atoms with Gasteiger partial charge in [0.2, 0.25) is 21.8 Å². The van der Waals surface area contributed by atoms with E-state index in [4.69, 9.17) is 4.74 Å². The zero-order chi connectivity index (χ0) is 27.4. The molecule has 0 saturated heterocycles. The van der Waals surface area contributed by atoms with Gasteiger partial charge in [-0.05, 0) is 61.2 Å². The summed E-state index contributed by atoms with van der Waals surface area (Å²) in [5, 5.41) is 2.92. The number of nitrogens with zero attached hydrogens (tertiary/aromatic N) is 2. The fourth-order valence-corrected chi connectivity index (χ4v) is 4.97. The van der Waals surface area contributed by atoms with Crippen LogP contribution in [-0.2, 0) is 26.2 Å². The van der Waals surface area contributed by atoms with Gasteiger partial charge in [-0.15, -0.1) is 0 Å². The molecule has 0 radical (unpaired) electrons. The Labute approximate surface area is 219 Å². The van der Waals surface area contributed by atoms with Crippen LogP contribution in [0.15, 0.2) is 48.5 Å². The van der Waals surface area contributed by atoms with E-state index in [0.717, 1.165) is 29.0 Å². The SMILES string of the molecule is CCCCNC(=O)[C@H](CC)N(Cc1cccc(OC)c1)C(=O)CCCN(c1ccc(F)cc1)S(C)(=O)=O. The first-order valence-electron chi connectivity index (χ1n) is 12.5. The summed E-state index contributed by atoms with van der Waals surface area (Å²) < 4.78 is 44.5. The van der Waals surface area contributed by atoms with Crippen molar-refractivity contribution in [1.29, 1.82) is 0 Å². The molecule has 0 aliphatic heterocycles. The van der Waals surface area contributed by atoms with E-state index in [0.29, 0.717) is 24.4 Å². The second-order valence-corrected chi connectivity index (χ2v) is 10.8. The first-order valence-corrected chi connectivity index (χ1v) is 14.4. The van der Waals surface area contributed by atoms with Crippen LogP contribution in [0.4, 0.5) is 10.1 Å². The number of hydrogen-bond donors (Lipinski definition) is 1. The van der Waals surface area contributed by atoms with Gasteiger partial charge in [0.25, 0.3) is 0 Å². The van der Waals surface area contributed by atoms with E-state index in [9.17, 15) is 22.4 Å². The van der Waals surface area contributed by atoms with Gasteiger partial charge in [-0.25, -0.2) is 12.8 Å². The Balaban J connectivity index is 2.21. The second-order valence-electron chi connectivity index (χ2n) is 8.86. The van der Waals surface area contributed by atoms with E-state index < -0.39 is 21.9 Å². The summed E-state index contributed by atoms with van der Waals surface area (Å²) in [7, 11) is -2.08. The predicted molar refractivity (Wildman–Crippen MR) is 143 cm³/mol. The largest absolute Gasteiger partial charge is 0.497 e. The van der Waals surface area contributed by atoms with Gasteiger partial charge < -0.3 is 15.0 Å². The molecule has 0 heterocycles. The fourth-order valence-electron chi connectivity index (χ4n) is 4.00. The number of ether oxygens (including phenoxy) is 1. The number of halogens is 1. The highest BCUT2D eigenvalue weighted by atomic mass is 32.2. The van der Waals surface area contributed by atoms with Crippen LogP contribution in [0.1, 0.15) is 51.5 Å². The molecular formula is C27H38FN3O5S. The molecule has 0 saturated carbocycles. The van der Waals surface area contributed by atoms with Gasteiger partial charge in [-0.1, -0.05) is 32.4 Å². The van der Waals surface area contributed by atoms with Crippen LogP contribution in [0.5, 0.6) is 5.75 Å². The maximum Gasteiger partial charge on any atom is 0.242 e. The maximum atomic E-state index is 13.4. The Morgan fingerprint density at radius 2 is 1.78 bits per heavy atom. The summed E-state index contributed by atoms with van der Waals surface area (Å²) >= 11 is 0. The summed E-state index contributed by atoms with van der Waals surface area (Å²) in [4.78, 5) is 28.0. The third-order valence-corrected chi connectivity index (χ3v) is 7.16. The summed E-state index contributed by atoms with van der Waals surface area (Å²) in [5.41, 5.74) is 1.14. The molecule has 0 aliphatic carbocycles. The lowest BCUT2D eigenvalue weighted by Crippen LogP contribution is -2.49. The minimum absolute atomic E-state index is 0.0376. The number of unbranched alkanes of at least 4 members (excludes halogenated alkanes) is 1. The first-order chi connectivity index (χ1) is 17.6. The number of carbonyl (C=O) groups is 2. The van der Waals surface area contributed by atoms with Crippen LogP contribution in [0.3, 0.4) is 0 Å². The molecule has 10 heteroatoms. The molecule has 1 N–H and O–H groups in total. The molecular weight excluding hydrogens is 497 g/mol. The van der Waals surface area contributed by atoms with E-state index in [1.807, 2.05) is 32.0 Å². The molecule has 8 nitrogen and oxygen atoms in total. The van der Waals surface area contributed by atoms with Crippen molar-refractivity contribution in [3.8, 4) is 5.75 Å². The number of hydrogen-bond acceptors (Lipinski definition) is 5. The lowest BCUT2D eigenvalue weighted by Gasteiger charge is -2.31. The number of carbonyl (C=O) groups excluding carboxylic acids is 2. The molecule has 0 spiro atoms. The first kappa shape index (κ1) is 30.1. The Kier molecular flexibility index (Phi) is 11.8. The Hall–Kier alpha value is -3.14. The topological polar surface area (TPSA) is 96.0 Å². The molecule has 2 amide bonds. The number of methoxy groups -OCH3 is 1. The predicted octanol–water partition coefficient (Wildman–Crippen LogP) is 4.10. The van der Waals surface area contributed by atoms with Crippen LogP contribution in [0.25, 0.3) is 0 Å². The van der Waals surface area contributed by atoms with Crippen LogP contribution >= 0.6 is 0 Å². The molecule has 0 bridgehead atoms. The summed E-state index contributed by atoms with van der Waals surface area (Å²) in [5.74, 6) is -0.291. The Morgan fingerprint density at radius 1 is 1.08 bits per heavy atom. The molecule has 2 rings (SSSR count). The van der Waals surface area contributed by atoms with E-state index in [1.54, 1.807) is 18.1 Å². The third kappa shape index (κ3) is 9.35. The van der Waals surface area contributed by atoms with Crippen molar-refractivity contribution < 1.29 is 27.1 Å². The number of rotatable bonds is 15. The zero-order valence-corrected chi connectivity index (χ0v) is 22.9. The lowest BCUT2D eigenvalue weighted by molar-refractivity contribution is -0.141. The number of anilines is 1. The zero-order valence-electron chi connectivity index (χ0n) is 22.1. The van der Waals surface area contributed by atoms with Crippen LogP contribution in [0, 0.1) is 5.82 Å². The van der Waals surface area contributed by atoms with E-state index in [2.05, 4.69) is 5.32 Å². The maximum absolute atomic E-state index is 13.4. The second kappa shape index (κ2) is 14.6. The number of sulfonamides is 1. The van der Waals surface area contributed by atoms with Gasteiger partial charge in [0.15, 0.2) is 0 Å². The molecule has 204 valence electrons. The van der Waals surface area contributed by atoms with E-state index in [1.165, 1.54) is 24.3 Å². The number of benzene rings is 2. The van der Waals surface area contributed by atoms with Crippen molar-refractivity contribution in [3.63, 3.8) is 0 Å². The van der Waals surface area contributed by atoms with Gasteiger partial charge in [0, 0.05) is 26.1 Å². The fraction of sp³-hybridized carbons (Fsp3) is 0.481. The molecule has 2 aromatic carbocycles. The van der Waals surface area contributed by atoms with Gasteiger partial charge in [-0.3, -0.25) is 13.9 Å². The Morgan fingerprint density at radius 3 is 2.38 bits per heavy atom. The van der Waals surface area contributed by atoms with E-state index >= 15 is 0 Å². The van der Waals surface area contributed by atoms with Crippen LogP contribution in [-0.4, -0.2) is 57.6 Å². The lowest BCUT2D eigenvalue weighted by atomic mass is 10.1.